The summed E-state index contributed by atoms with van der Waals surface area (Å²) < 4.78 is 62.6. The Labute approximate surface area is 162 Å². The van der Waals surface area contributed by atoms with E-state index in [0.29, 0.717) is 11.4 Å². The van der Waals surface area contributed by atoms with Crippen molar-refractivity contribution in [3.63, 3.8) is 0 Å². The van der Waals surface area contributed by atoms with Gasteiger partial charge in [-0.2, -0.15) is 22.0 Å². The smallest absolute Gasteiger partial charge is 0.381 e. The number of amides is 3. The highest BCUT2D eigenvalue weighted by molar-refractivity contribution is 6.07. The number of hydrogen-bond acceptors (Lipinski definition) is 4. The van der Waals surface area contributed by atoms with E-state index in [4.69, 9.17) is 0 Å². The number of rotatable bonds is 5. The average Bonchev–Trinajstić information content (AvgIpc) is 2.77. The summed E-state index contributed by atoms with van der Waals surface area (Å²) in [7, 11) is 0. The third-order valence-corrected chi connectivity index (χ3v) is 4.32. The van der Waals surface area contributed by atoms with E-state index in [1.165, 1.54) is 5.32 Å². The van der Waals surface area contributed by atoms with Gasteiger partial charge in [0, 0.05) is 6.54 Å². The predicted octanol–water partition coefficient (Wildman–Crippen LogP) is 1.88. The molecule has 1 aliphatic rings. The molecule has 29 heavy (non-hydrogen) atoms. The van der Waals surface area contributed by atoms with Crippen molar-refractivity contribution in [1.82, 2.24) is 10.6 Å². The van der Waals surface area contributed by atoms with Crippen molar-refractivity contribution in [2.45, 2.75) is 32.0 Å². The Morgan fingerprint density at radius 3 is 2.24 bits per heavy atom. The second-order valence-corrected chi connectivity index (χ2v) is 6.95. The summed E-state index contributed by atoms with van der Waals surface area (Å²) in [5.74, 6) is -8.09. The molecule has 0 bridgehead atoms. The van der Waals surface area contributed by atoms with Crippen molar-refractivity contribution < 1.29 is 36.3 Å². The minimum absolute atomic E-state index is 0.0293. The highest BCUT2D eigenvalue weighted by Gasteiger charge is 2.57. The van der Waals surface area contributed by atoms with E-state index in [-0.39, 0.29) is 6.54 Å². The van der Waals surface area contributed by atoms with Gasteiger partial charge in [-0.3, -0.25) is 14.4 Å². The van der Waals surface area contributed by atoms with Crippen molar-refractivity contribution in [2.24, 2.45) is 5.41 Å². The van der Waals surface area contributed by atoms with Crippen LogP contribution in [0.2, 0.25) is 0 Å². The van der Waals surface area contributed by atoms with Crippen LogP contribution in [0.4, 0.5) is 33.3 Å². The molecule has 1 unspecified atom stereocenters. The van der Waals surface area contributed by atoms with Crippen LogP contribution < -0.4 is 21.3 Å². The van der Waals surface area contributed by atoms with Crippen LogP contribution in [0.25, 0.3) is 0 Å². The number of alkyl halides is 5. The van der Waals surface area contributed by atoms with Gasteiger partial charge in [-0.05, 0) is 26.0 Å². The fourth-order valence-corrected chi connectivity index (χ4v) is 2.34. The summed E-state index contributed by atoms with van der Waals surface area (Å²) >= 11 is 0. The molecule has 1 aliphatic heterocycles. The SMILES string of the molecule is CC(C)(C(=O)NCC(F)(F)C(F)(F)F)C(=O)NC1CNc2ccccc2NC1=O. The Bertz CT molecular complexity index is 811. The standard InChI is InChI=1S/C17H19F5N4O3/c1-15(2,13(28)24-8-16(18,19)17(20,21)22)14(29)26-11-7-23-9-5-3-4-6-10(9)25-12(11)27/h3-6,11,23H,7-8H2,1-2H3,(H,24,28)(H,25,27)(H,26,29). The second kappa shape index (κ2) is 7.84. The molecule has 7 nitrogen and oxygen atoms in total. The average molecular weight is 422 g/mol. The highest BCUT2D eigenvalue weighted by Crippen LogP contribution is 2.34. The molecule has 4 N–H and O–H groups in total. The minimum Gasteiger partial charge on any atom is -0.381 e. The molecular formula is C17H19F5N4O3. The van der Waals surface area contributed by atoms with Gasteiger partial charge in [0.25, 0.3) is 0 Å². The molecule has 12 heteroatoms. The maximum absolute atomic E-state index is 13.0. The van der Waals surface area contributed by atoms with Crippen molar-refractivity contribution in [1.29, 1.82) is 0 Å². The molecule has 1 atom stereocenters. The number of carbonyl (C=O) groups is 3. The van der Waals surface area contributed by atoms with Crippen LogP contribution in [0.1, 0.15) is 13.8 Å². The largest absolute Gasteiger partial charge is 0.455 e. The number of hydrogen-bond donors (Lipinski definition) is 4. The van der Waals surface area contributed by atoms with Crippen molar-refractivity contribution in [3.8, 4) is 0 Å². The molecule has 0 saturated carbocycles. The Morgan fingerprint density at radius 2 is 1.66 bits per heavy atom. The number of fused-ring (bicyclic) bond motifs is 1. The monoisotopic (exact) mass is 422 g/mol. The zero-order valence-corrected chi connectivity index (χ0v) is 15.4. The Hall–Kier alpha value is -2.92. The van der Waals surface area contributed by atoms with Gasteiger partial charge in [0.2, 0.25) is 17.7 Å². The zero-order valence-electron chi connectivity index (χ0n) is 15.4. The predicted molar refractivity (Wildman–Crippen MR) is 93.3 cm³/mol. The lowest BCUT2D eigenvalue weighted by Gasteiger charge is -2.27. The first kappa shape index (κ1) is 22.4. The molecule has 1 aromatic rings. The van der Waals surface area contributed by atoms with Gasteiger partial charge in [-0.15, -0.1) is 0 Å². The fraction of sp³-hybridized carbons (Fsp3) is 0.471. The molecule has 0 spiro atoms. The molecule has 1 aromatic carbocycles. The van der Waals surface area contributed by atoms with Crippen LogP contribution in [0.5, 0.6) is 0 Å². The number of halogens is 5. The first-order chi connectivity index (χ1) is 13.3. The summed E-state index contributed by atoms with van der Waals surface area (Å²) in [5.41, 5.74) is -0.939. The molecule has 160 valence electrons. The van der Waals surface area contributed by atoms with Crippen molar-refractivity contribution >= 4 is 29.1 Å². The Kier molecular flexibility index (Phi) is 6.04. The normalized spacial score (nSPS) is 17.3. The van der Waals surface area contributed by atoms with E-state index in [1.54, 1.807) is 24.3 Å². The quantitative estimate of drug-likeness (QED) is 0.430. The number of nitrogens with one attached hydrogen (secondary N) is 4. The topological polar surface area (TPSA) is 99.3 Å². The zero-order chi connectivity index (χ0) is 22.0. The number of para-hydroxylation sites is 2. The lowest BCUT2D eigenvalue weighted by molar-refractivity contribution is -0.278. The third kappa shape index (κ3) is 4.93. The number of anilines is 2. The summed E-state index contributed by atoms with van der Waals surface area (Å²) in [4.78, 5) is 36.8. The minimum atomic E-state index is -5.84. The fourth-order valence-electron chi connectivity index (χ4n) is 2.34. The van der Waals surface area contributed by atoms with Gasteiger partial charge in [0.15, 0.2) is 0 Å². The van der Waals surface area contributed by atoms with Gasteiger partial charge in [0.05, 0.1) is 17.9 Å². The number of benzene rings is 1. The van der Waals surface area contributed by atoms with Crippen LogP contribution >= 0.6 is 0 Å². The molecule has 0 fully saturated rings. The van der Waals surface area contributed by atoms with E-state index in [0.717, 1.165) is 13.8 Å². The van der Waals surface area contributed by atoms with Gasteiger partial charge in [-0.1, -0.05) is 12.1 Å². The lowest BCUT2D eigenvalue weighted by Crippen LogP contribution is -2.56. The summed E-state index contributed by atoms with van der Waals surface area (Å²) in [6, 6.07) is 5.62. The van der Waals surface area contributed by atoms with E-state index < -0.39 is 47.8 Å². The molecule has 2 rings (SSSR count). The van der Waals surface area contributed by atoms with Crippen molar-refractivity contribution in [2.75, 3.05) is 23.7 Å². The maximum Gasteiger partial charge on any atom is 0.455 e. The third-order valence-electron chi connectivity index (χ3n) is 4.32. The summed E-state index contributed by atoms with van der Waals surface area (Å²) in [5, 5.41) is 9.26. The number of carbonyl (C=O) groups excluding carboxylic acids is 3. The summed E-state index contributed by atoms with van der Waals surface area (Å²) in [6.45, 7) is 0.0472. The second-order valence-electron chi connectivity index (χ2n) is 6.95. The molecule has 1 heterocycles. The van der Waals surface area contributed by atoms with Crippen LogP contribution in [0, 0.1) is 5.41 Å². The van der Waals surface area contributed by atoms with E-state index in [9.17, 15) is 36.3 Å². The van der Waals surface area contributed by atoms with Gasteiger partial charge in [-0.25, -0.2) is 0 Å². The van der Waals surface area contributed by atoms with E-state index in [1.807, 2.05) is 0 Å². The molecule has 0 aliphatic carbocycles. The van der Waals surface area contributed by atoms with Crippen LogP contribution in [0.3, 0.4) is 0 Å². The van der Waals surface area contributed by atoms with Crippen LogP contribution in [0.15, 0.2) is 24.3 Å². The maximum atomic E-state index is 13.0. The van der Waals surface area contributed by atoms with Crippen molar-refractivity contribution in [3.05, 3.63) is 24.3 Å². The van der Waals surface area contributed by atoms with Crippen LogP contribution in [-0.2, 0) is 14.4 Å². The lowest BCUT2D eigenvalue weighted by atomic mass is 9.90. The van der Waals surface area contributed by atoms with E-state index in [2.05, 4.69) is 16.0 Å². The Morgan fingerprint density at radius 1 is 1.07 bits per heavy atom. The highest BCUT2D eigenvalue weighted by atomic mass is 19.4. The van der Waals surface area contributed by atoms with Gasteiger partial charge >= 0.3 is 12.1 Å². The molecule has 0 aromatic heterocycles. The summed E-state index contributed by atoms with van der Waals surface area (Å²) in [6.07, 6.45) is -5.84. The molecule has 0 saturated heterocycles. The van der Waals surface area contributed by atoms with E-state index >= 15 is 0 Å². The van der Waals surface area contributed by atoms with Gasteiger partial charge in [0.1, 0.15) is 11.5 Å². The first-order valence-electron chi connectivity index (χ1n) is 8.43. The van der Waals surface area contributed by atoms with Crippen LogP contribution in [-0.4, -0.2) is 49.0 Å². The first-order valence-corrected chi connectivity index (χ1v) is 8.43. The van der Waals surface area contributed by atoms with Gasteiger partial charge < -0.3 is 21.3 Å². The molecule has 3 amide bonds. The molecule has 0 radical (unpaired) electrons. The Balaban J connectivity index is 2.01. The molecular weight excluding hydrogens is 403 g/mol.